The number of aliphatic hydroxyl groups excluding tert-OH is 1. The van der Waals surface area contributed by atoms with Crippen molar-refractivity contribution in [1.82, 2.24) is 4.98 Å². The van der Waals surface area contributed by atoms with Gasteiger partial charge in [-0.3, -0.25) is 0 Å². The minimum absolute atomic E-state index is 0.0370. The first-order valence-corrected chi connectivity index (χ1v) is 4.91. The molecule has 2 rings (SSSR count). The van der Waals surface area contributed by atoms with Gasteiger partial charge in [-0.25, -0.2) is 4.98 Å². The molecule has 0 spiro atoms. The van der Waals surface area contributed by atoms with Crippen molar-refractivity contribution in [2.75, 3.05) is 13.2 Å². The standard InChI is InChI=1S/C8H11NO2S/c10-5-6-1-3-11-7(6)8-9-2-4-12-8/h2,4,6-7,10H,1,3,5H2. The van der Waals surface area contributed by atoms with E-state index in [1.165, 1.54) is 0 Å². The van der Waals surface area contributed by atoms with E-state index in [2.05, 4.69) is 4.98 Å². The Balaban J connectivity index is 2.13. The SMILES string of the molecule is OCC1CCOC1c1nccs1. The summed E-state index contributed by atoms with van der Waals surface area (Å²) >= 11 is 1.59. The highest BCUT2D eigenvalue weighted by Crippen LogP contribution is 2.34. The number of nitrogens with zero attached hydrogens (tertiary/aromatic N) is 1. The van der Waals surface area contributed by atoms with Gasteiger partial charge in [0.1, 0.15) is 11.1 Å². The quantitative estimate of drug-likeness (QED) is 0.753. The zero-order valence-electron chi connectivity index (χ0n) is 6.64. The highest BCUT2D eigenvalue weighted by molar-refractivity contribution is 7.09. The van der Waals surface area contributed by atoms with E-state index in [9.17, 15) is 0 Å². The molecule has 2 unspecified atom stereocenters. The van der Waals surface area contributed by atoms with Crippen LogP contribution in [0.15, 0.2) is 11.6 Å². The van der Waals surface area contributed by atoms with Gasteiger partial charge in [0.25, 0.3) is 0 Å². The predicted octanol–water partition coefficient (Wildman–Crippen LogP) is 1.21. The Labute approximate surface area is 75.0 Å². The molecule has 1 aromatic rings. The topological polar surface area (TPSA) is 42.4 Å². The molecular formula is C8H11NO2S. The second kappa shape index (κ2) is 3.51. The van der Waals surface area contributed by atoms with Crippen molar-refractivity contribution < 1.29 is 9.84 Å². The fourth-order valence-corrected chi connectivity index (χ4v) is 2.25. The molecule has 1 N–H and O–H groups in total. The molecular weight excluding hydrogens is 174 g/mol. The number of ether oxygens (including phenoxy) is 1. The Hall–Kier alpha value is -0.450. The van der Waals surface area contributed by atoms with Gasteiger partial charge in [0.2, 0.25) is 0 Å². The van der Waals surface area contributed by atoms with Gasteiger partial charge in [-0.05, 0) is 6.42 Å². The summed E-state index contributed by atoms with van der Waals surface area (Å²) in [6, 6.07) is 0. The van der Waals surface area contributed by atoms with E-state index >= 15 is 0 Å². The molecule has 0 aromatic carbocycles. The summed E-state index contributed by atoms with van der Waals surface area (Å²) in [6.45, 7) is 0.944. The monoisotopic (exact) mass is 185 g/mol. The highest BCUT2D eigenvalue weighted by atomic mass is 32.1. The van der Waals surface area contributed by atoms with E-state index in [0.717, 1.165) is 18.0 Å². The first kappa shape index (κ1) is 8.16. The average molecular weight is 185 g/mol. The summed E-state index contributed by atoms with van der Waals surface area (Å²) in [7, 11) is 0. The summed E-state index contributed by atoms with van der Waals surface area (Å²) in [4.78, 5) is 4.18. The molecule has 0 bridgehead atoms. The fraction of sp³-hybridized carbons (Fsp3) is 0.625. The normalized spacial score (nSPS) is 29.4. The lowest BCUT2D eigenvalue weighted by atomic mass is 10.0. The molecule has 1 saturated heterocycles. The molecule has 1 aliphatic heterocycles. The Kier molecular flexibility index (Phi) is 2.39. The third kappa shape index (κ3) is 1.37. The van der Waals surface area contributed by atoms with Gasteiger partial charge >= 0.3 is 0 Å². The van der Waals surface area contributed by atoms with Crippen molar-refractivity contribution in [3.63, 3.8) is 0 Å². The van der Waals surface area contributed by atoms with Crippen LogP contribution in [-0.2, 0) is 4.74 Å². The number of rotatable bonds is 2. The summed E-state index contributed by atoms with van der Waals surface area (Å²) in [5.41, 5.74) is 0. The molecule has 12 heavy (non-hydrogen) atoms. The largest absolute Gasteiger partial charge is 0.396 e. The minimum atomic E-state index is 0.0370. The second-order valence-corrected chi connectivity index (χ2v) is 3.82. The van der Waals surface area contributed by atoms with E-state index < -0.39 is 0 Å². The molecule has 1 aliphatic rings. The second-order valence-electron chi connectivity index (χ2n) is 2.89. The zero-order chi connectivity index (χ0) is 8.39. The first-order chi connectivity index (χ1) is 5.92. The number of aliphatic hydroxyl groups is 1. The van der Waals surface area contributed by atoms with Crippen LogP contribution in [0, 0.1) is 5.92 Å². The summed E-state index contributed by atoms with van der Waals surface area (Å²) in [6.07, 6.45) is 2.76. The van der Waals surface area contributed by atoms with Gasteiger partial charge < -0.3 is 9.84 Å². The van der Waals surface area contributed by atoms with Crippen LogP contribution in [0.3, 0.4) is 0 Å². The van der Waals surface area contributed by atoms with Crippen LogP contribution >= 0.6 is 11.3 Å². The van der Waals surface area contributed by atoms with Crippen LogP contribution in [-0.4, -0.2) is 23.3 Å². The van der Waals surface area contributed by atoms with Crippen molar-refractivity contribution in [3.05, 3.63) is 16.6 Å². The maximum atomic E-state index is 9.03. The summed E-state index contributed by atoms with van der Waals surface area (Å²) < 4.78 is 5.49. The molecule has 0 aliphatic carbocycles. The molecule has 0 amide bonds. The first-order valence-electron chi connectivity index (χ1n) is 4.03. The van der Waals surface area contributed by atoms with Gasteiger partial charge in [0, 0.05) is 30.7 Å². The van der Waals surface area contributed by atoms with Crippen LogP contribution in [0.2, 0.25) is 0 Å². The van der Waals surface area contributed by atoms with Crippen molar-refractivity contribution in [3.8, 4) is 0 Å². The number of thiazole rings is 1. The van der Waals surface area contributed by atoms with Crippen molar-refractivity contribution in [1.29, 1.82) is 0 Å². The van der Waals surface area contributed by atoms with Gasteiger partial charge in [-0.2, -0.15) is 0 Å². The molecule has 4 heteroatoms. The lowest BCUT2D eigenvalue weighted by molar-refractivity contribution is 0.0718. The molecule has 2 atom stereocenters. The van der Waals surface area contributed by atoms with E-state index in [0.29, 0.717) is 0 Å². The molecule has 1 fully saturated rings. The van der Waals surface area contributed by atoms with Crippen LogP contribution in [0.5, 0.6) is 0 Å². The predicted molar refractivity (Wildman–Crippen MR) is 46.0 cm³/mol. The smallest absolute Gasteiger partial charge is 0.122 e. The minimum Gasteiger partial charge on any atom is -0.396 e. The maximum Gasteiger partial charge on any atom is 0.122 e. The third-order valence-corrected chi connectivity index (χ3v) is 2.98. The van der Waals surface area contributed by atoms with Gasteiger partial charge in [-0.1, -0.05) is 0 Å². The molecule has 3 nitrogen and oxygen atoms in total. The molecule has 1 aromatic heterocycles. The van der Waals surface area contributed by atoms with Gasteiger partial charge in [-0.15, -0.1) is 11.3 Å². The third-order valence-electron chi connectivity index (χ3n) is 2.14. The van der Waals surface area contributed by atoms with Crippen LogP contribution in [0.4, 0.5) is 0 Å². The molecule has 0 saturated carbocycles. The van der Waals surface area contributed by atoms with Crippen molar-refractivity contribution in [2.24, 2.45) is 5.92 Å². The Morgan fingerprint density at radius 3 is 3.33 bits per heavy atom. The lowest BCUT2D eigenvalue weighted by Crippen LogP contribution is -2.10. The molecule has 0 radical (unpaired) electrons. The lowest BCUT2D eigenvalue weighted by Gasteiger charge is -2.12. The average Bonchev–Trinajstić information content (AvgIpc) is 2.74. The van der Waals surface area contributed by atoms with Gasteiger partial charge in [0.05, 0.1) is 0 Å². The van der Waals surface area contributed by atoms with Crippen LogP contribution in [0.25, 0.3) is 0 Å². The van der Waals surface area contributed by atoms with E-state index in [4.69, 9.17) is 9.84 Å². The Morgan fingerprint density at radius 1 is 1.75 bits per heavy atom. The fourth-order valence-electron chi connectivity index (χ4n) is 1.47. The van der Waals surface area contributed by atoms with Crippen molar-refractivity contribution in [2.45, 2.75) is 12.5 Å². The van der Waals surface area contributed by atoms with E-state index in [-0.39, 0.29) is 18.6 Å². The maximum absolute atomic E-state index is 9.03. The molecule has 2 heterocycles. The van der Waals surface area contributed by atoms with E-state index in [1.807, 2.05) is 5.38 Å². The highest BCUT2D eigenvalue weighted by Gasteiger charge is 2.30. The van der Waals surface area contributed by atoms with Gasteiger partial charge in [0.15, 0.2) is 0 Å². The van der Waals surface area contributed by atoms with Crippen molar-refractivity contribution >= 4 is 11.3 Å². The zero-order valence-corrected chi connectivity index (χ0v) is 7.46. The Morgan fingerprint density at radius 2 is 2.67 bits per heavy atom. The number of hydrogen-bond acceptors (Lipinski definition) is 4. The van der Waals surface area contributed by atoms with E-state index in [1.54, 1.807) is 17.5 Å². The molecule has 66 valence electrons. The number of hydrogen-bond donors (Lipinski definition) is 1. The Bertz CT molecular complexity index is 237. The van der Waals surface area contributed by atoms with Crippen LogP contribution in [0.1, 0.15) is 17.5 Å². The summed E-state index contributed by atoms with van der Waals surface area (Å²) in [5, 5.41) is 12.0. The summed E-state index contributed by atoms with van der Waals surface area (Å²) in [5.74, 6) is 0.246. The number of aromatic nitrogens is 1. The van der Waals surface area contributed by atoms with Crippen LogP contribution < -0.4 is 0 Å².